The number of halogens is 1. The average molecular weight is 867 g/mol. The van der Waals surface area contributed by atoms with Gasteiger partial charge in [-0.3, -0.25) is 19.8 Å². The molecule has 62 heavy (non-hydrogen) atoms. The molecule has 2 aromatic carbocycles. The number of nitrogens with zero attached hydrogens (tertiary/aromatic N) is 5. The molecule has 2 saturated carbocycles. The number of nitro benzene ring substituents is 1. The molecule has 326 valence electrons. The minimum atomic E-state index is -4.62. The normalized spacial score (nSPS) is 23.0. The summed E-state index contributed by atoms with van der Waals surface area (Å²) in [6.07, 6.45) is 13.6. The highest BCUT2D eigenvalue weighted by molar-refractivity contribution is 7.90. The van der Waals surface area contributed by atoms with Gasteiger partial charge in [-0.2, -0.15) is 0 Å². The van der Waals surface area contributed by atoms with Crippen molar-refractivity contribution in [3.63, 3.8) is 0 Å². The summed E-state index contributed by atoms with van der Waals surface area (Å²) in [7, 11) is -4.62. The van der Waals surface area contributed by atoms with Gasteiger partial charge in [0.05, 0.1) is 33.5 Å². The number of aliphatic hydroxyl groups is 1. The van der Waals surface area contributed by atoms with Crippen molar-refractivity contribution in [3.8, 4) is 11.5 Å². The van der Waals surface area contributed by atoms with E-state index in [1.165, 1.54) is 24.5 Å². The number of hydrogen-bond donors (Lipinski definition) is 4. The lowest BCUT2D eigenvalue weighted by molar-refractivity contribution is -0.384. The van der Waals surface area contributed by atoms with Crippen molar-refractivity contribution in [2.75, 3.05) is 36.4 Å². The van der Waals surface area contributed by atoms with Gasteiger partial charge in [0.2, 0.25) is 0 Å². The third kappa shape index (κ3) is 8.57. The number of nitro groups is 1. The highest BCUT2D eigenvalue weighted by Gasteiger charge is 2.50. The number of anilines is 2. The summed E-state index contributed by atoms with van der Waals surface area (Å²) in [5.41, 5.74) is 1.02. The molecule has 3 aromatic heterocycles. The van der Waals surface area contributed by atoms with Crippen molar-refractivity contribution in [2.24, 2.45) is 11.3 Å². The van der Waals surface area contributed by atoms with Crippen LogP contribution >= 0.6 is 0 Å². The molecule has 1 amide bonds. The SMILES string of the molecule is CC1(O)CCC(CNc2ccc(S(=O)(=O)NC(=O)c3ncc(N4CCC5(CC4)CC(N4CCC[C@H]4c4ccccc4F)C5)cc3Oc3cnc4[nH]ccc4c3)cc2[N+](=O)[O-])CC1. The molecule has 5 aromatic rings. The van der Waals surface area contributed by atoms with E-state index in [0.717, 1.165) is 88.0 Å². The summed E-state index contributed by atoms with van der Waals surface area (Å²) >= 11 is 0. The van der Waals surface area contributed by atoms with Crippen LogP contribution in [0.3, 0.4) is 0 Å². The fourth-order valence-electron chi connectivity index (χ4n) is 10.1. The van der Waals surface area contributed by atoms with Crippen LogP contribution in [-0.2, 0) is 10.0 Å². The second-order valence-electron chi connectivity index (χ2n) is 17.9. The van der Waals surface area contributed by atoms with Crippen LogP contribution in [0, 0.1) is 27.3 Å². The number of benzene rings is 2. The lowest BCUT2D eigenvalue weighted by atomic mass is 9.60. The quantitative estimate of drug-likeness (QED) is 0.0701. The zero-order valence-electron chi connectivity index (χ0n) is 34.6. The van der Waals surface area contributed by atoms with Crippen molar-refractivity contribution in [2.45, 2.75) is 93.7 Å². The number of fused-ring (bicyclic) bond motifs is 1. The Morgan fingerprint density at radius 2 is 1.79 bits per heavy atom. The molecule has 0 unspecified atom stereocenters. The Labute approximate surface area is 359 Å². The lowest BCUT2D eigenvalue weighted by Gasteiger charge is -2.56. The van der Waals surface area contributed by atoms with Gasteiger partial charge in [-0.05, 0) is 119 Å². The second kappa shape index (κ2) is 16.6. The van der Waals surface area contributed by atoms with Crippen molar-refractivity contribution >= 4 is 44.0 Å². The van der Waals surface area contributed by atoms with E-state index in [0.29, 0.717) is 42.5 Å². The van der Waals surface area contributed by atoms with E-state index in [9.17, 15) is 32.8 Å². The van der Waals surface area contributed by atoms with Crippen LogP contribution in [0.2, 0.25) is 0 Å². The van der Waals surface area contributed by atoms with Crippen molar-refractivity contribution < 1.29 is 32.4 Å². The Bertz CT molecular complexity index is 2600. The van der Waals surface area contributed by atoms with Crippen LogP contribution in [0.25, 0.3) is 11.0 Å². The molecule has 5 heterocycles. The van der Waals surface area contributed by atoms with Gasteiger partial charge in [-0.15, -0.1) is 0 Å². The van der Waals surface area contributed by atoms with Crippen LogP contribution < -0.4 is 19.7 Å². The number of pyridine rings is 2. The van der Waals surface area contributed by atoms with Gasteiger partial charge < -0.3 is 25.0 Å². The highest BCUT2D eigenvalue weighted by atomic mass is 32.2. The largest absolute Gasteiger partial charge is 0.453 e. The molecule has 9 rings (SSSR count). The van der Waals surface area contributed by atoms with E-state index < -0.39 is 37.0 Å². The number of nitrogens with one attached hydrogen (secondary N) is 3. The monoisotopic (exact) mass is 866 g/mol. The van der Waals surface area contributed by atoms with Crippen LogP contribution in [0.5, 0.6) is 11.5 Å². The minimum Gasteiger partial charge on any atom is -0.453 e. The average Bonchev–Trinajstić information content (AvgIpc) is 3.92. The third-order valence-corrected chi connectivity index (χ3v) is 15.0. The number of carbonyl (C=O) groups is 1. The number of carbonyl (C=O) groups excluding carboxylic acids is 1. The van der Waals surface area contributed by atoms with E-state index in [-0.39, 0.29) is 40.3 Å². The Morgan fingerprint density at radius 1 is 1.02 bits per heavy atom. The molecular formula is C45H51FN8O7S. The molecule has 15 nitrogen and oxygen atoms in total. The van der Waals surface area contributed by atoms with E-state index in [2.05, 4.69) is 34.8 Å². The van der Waals surface area contributed by atoms with Crippen LogP contribution in [0.1, 0.15) is 93.2 Å². The van der Waals surface area contributed by atoms with Crippen molar-refractivity contribution in [3.05, 3.63) is 106 Å². The van der Waals surface area contributed by atoms with Gasteiger partial charge in [-0.1, -0.05) is 18.2 Å². The number of aromatic nitrogens is 3. The minimum absolute atomic E-state index is 0.0128. The Balaban J connectivity index is 0.898. The number of piperidine rings is 1. The van der Waals surface area contributed by atoms with E-state index in [1.807, 2.05) is 18.2 Å². The van der Waals surface area contributed by atoms with Gasteiger partial charge in [0.25, 0.3) is 21.6 Å². The Hall–Kier alpha value is -5.65. The molecule has 4 aliphatic rings. The predicted octanol–water partition coefficient (Wildman–Crippen LogP) is 7.86. The first-order chi connectivity index (χ1) is 29.7. The van der Waals surface area contributed by atoms with Gasteiger partial charge in [0.15, 0.2) is 11.4 Å². The number of amides is 1. The molecule has 1 spiro atoms. The zero-order chi connectivity index (χ0) is 43.2. The molecular weight excluding hydrogens is 816 g/mol. The molecule has 2 aliphatic carbocycles. The first kappa shape index (κ1) is 41.7. The van der Waals surface area contributed by atoms with Crippen LogP contribution in [-0.4, -0.2) is 82.0 Å². The first-order valence-corrected chi connectivity index (χ1v) is 22.9. The number of aromatic amines is 1. The van der Waals surface area contributed by atoms with Crippen LogP contribution in [0.15, 0.2) is 84.1 Å². The summed E-state index contributed by atoms with van der Waals surface area (Å²) in [6.45, 7) is 4.69. The number of sulfonamides is 1. The number of likely N-dealkylation sites (tertiary alicyclic amines) is 1. The van der Waals surface area contributed by atoms with E-state index >= 15 is 0 Å². The third-order valence-electron chi connectivity index (χ3n) is 13.7. The van der Waals surface area contributed by atoms with E-state index in [4.69, 9.17) is 4.74 Å². The summed E-state index contributed by atoms with van der Waals surface area (Å²) in [5, 5.41) is 26.3. The van der Waals surface area contributed by atoms with Gasteiger partial charge in [0, 0.05) is 61.0 Å². The molecule has 2 saturated heterocycles. The highest BCUT2D eigenvalue weighted by Crippen LogP contribution is 2.54. The summed E-state index contributed by atoms with van der Waals surface area (Å²) in [4.78, 5) is 41.4. The molecule has 0 radical (unpaired) electrons. The number of H-pyrrole nitrogens is 1. The molecule has 2 aliphatic heterocycles. The van der Waals surface area contributed by atoms with Crippen molar-refractivity contribution in [1.82, 2.24) is 24.6 Å². The number of rotatable bonds is 12. The Morgan fingerprint density at radius 3 is 2.55 bits per heavy atom. The predicted molar refractivity (Wildman–Crippen MR) is 231 cm³/mol. The molecule has 0 bridgehead atoms. The summed E-state index contributed by atoms with van der Waals surface area (Å²) in [5.74, 6) is -0.701. The maximum atomic E-state index is 14.8. The maximum absolute atomic E-state index is 14.8. The number of ether oxygens (including phenoxy) is 1. The topological polar surface area (TPSA) is 196 Å². The van der Waals surface area contributed by atoms with Crippen molar-refractivity contribution in [1.29, 1.82) is 0 Å². The molecule has 1 atom stereocenters. The number of hydrogen-bond acceptors (Lipinski definition) is 12. The smallest absolute Gasteiger partial charge is 0.293 e. The second-order valence-corrected chi connectivity index (χ2v) is 19.6. The lowest BCUT2D eigenvalue weighted by Crippen LogP contribution is -2.55. The van der Waals surface area contributed by atoms with Gasteiger partial charge in [-0.25, -0.2) is 27.5 Å². The molecule has 17 heteroatoms. The van der Waals surface area contributed by atoms with Crippen LogP contribution in [0.4, 0.5) is 21.5 Å². The van der Waals surface area contributed by atoms with Gasteiger partial charge >= 0.3 is 0 Å². The standard InChI is InChI=1S/C45H51FN8O7S/c1-44(56)13-10-29(11-14-44)26-48-37-9-8-34(23-39(37)54(57)58)62(59,60)51-43(55)41-40(61-33-21-30-12-17-47-42(30)50-28-33)22-31(27-49-41)52-19-15-45(16-20-52)24-32(25-45)53-18-4-7-38(53)35-5-2-3-6-36(35)46/h2-3,5-6,8-9,12,17,21-23,27-29,32,38,48,56H,4,7,10-11,13-16,18-20,24-26H2,1H3,(H,47,50)(H,51,55)/t29?,38-,44?/m0/s1. The van der Waals surface area contributed by atoms with E-state index in [1.54, 1.807) is 37.4 Å². The summed E-state index contributed by atoms with van der Waals surface area (Å²) in [6, 6.07) is 16.4. The summed E-state index contributed by atoms with van der Waals surface area (Å²) < 4.78 is 50.4. The first-order valence-electron chi connectivity index (χ1n) is 21.4. The Kier molecular flexibility index (Phi) is 11.1. The zero-order valence-corrected chi connectivity index (χ0v) is 35.4. The molecule has 4 fully saturated rings. The fraction of sp³-hybridized carbons (Fsp3) is 0.444. The molecule has 4 N–H and O–H groups in total. The fourth-order valence-corrected chi connectivity index (χ4v) is 11.0. The van der Waals surface area contributed by atoms with Gasteiger partial charge in [0.1, 0.15) is 22.9 Å². The maximum Gasteiger partial charge on any atom is 0.293 e.